The van der Waals surface area contributed by atoms with Gasteiger partial charge in [0.05, 0.1) is 6.04 Å². The number of rotatable bonds is 6. The van der Waals surface area contributed by atoms with Gasteiger partial charge in [0.25, 0.3) is 0 Å². The van der Waals surface area contributed by atoms with Gasteiger partial charge in [0.2, 0.25) is 0 Å². The Bertz CT molecular complexity index is 107. The van der Waals surface area contributed by atoms with Gasteiger partial charge in [-0.05, 0) is 14.0 Å². The van der Waals surface area contributed by atoms with Gasteiger partial charge >= 0.3 is 0 Å². The largest absolute Gasteiger partial charge is 0.311 e. The van der Waals surface area contributed by atoms with Gasteiger partial charge in [0.1, 0.15) is 6.29 Å². The van der Waals surface area contributed by atoms with Crippen molar-refractivity contribution in [3.05, 3.63) is 13.2 Å². The number of aldehydes is 1. The van der Waals surface area contributed by atoms with Gasteiger partial charge in [0.15, 0.2) is 0 Å². The molecule has 0 aliphatic carbocycles. The number of carbonyl (C=O) groups is 1. The molecule has 0 rings (SSSR count). The quantitative estimate of drug-likeness (QED) is 0.413. The van der Waals surface area contributed by atoms with Crippen molar-refractivity contribution in [2.24, 2.45) is 0 Å². The van der Waals surface area contributed by atoms with E-state index in [9.17, 15) is 4.79 Å². The van der Waals surface area contributed by atoms with E-state index >= 15 is 0 Å². The second-order valence-electron chi connectivity index (χ2n) is 3.27. The molecule has 108 valence electrons. The number of hydrogen-bond acceptors (Lipinski definition) is 2. The minimum Gasteiger partial charge on any atom is -0.311 e. The second-order valence-corrected chi connectivity index (χ2v) is 3.27. The fourth-order valence-electron chi connectivity index (χ4n) is 0.745. The third-order valence-corrected chi connectivity index (χ3v) is 1.87. The van der Waals surface area contributed by atoms with Crippen LogP contribution in [0, 0.1) is 0 Å². The zero-order chi connectivity index (χ0) is 14.5. The minimum atomic E-state index is 0. The van der Waals surface area contributed by atoms with Crippen LogP contribution in [0.3, 0.4) is 0 Å². The molecule has 0 bridgehead atoms. The molecule has 2 heteroatoms. The SMILES string of the molecule is C=C.CC.CCCCCCC.CN[C@@H](C)C=O.[HH]. The summed E-state index contributed by atoms with van der Waals surface area (Å²) in [5.41, 5.74) is 0. The Kier molecular flexibility index (Phi) is 53.7. The molecule has 0 unspecified atom stereocenters. The summed E-state index contributed by atoms with van der Waals surface area (Å²) in [7, 11) is 1.75. The average molecular weight is 247 g/mol. The summed E-state index contributed by atoms with van der Waals surface area (Å²) in [6.07, 6.45) is 7.87. The lowest BCUT2D eigenvalue weighted by Gasteiger charge is -1.94. The average Bonchev–Trinajstić information content (AvgIpc) is 2.43. The van der Waals surface area contributed by atoms with Crippen LogP contribution in [0.2, 0.25) is 0 Å². The molecule has 0 radical (unpaired) electrons. The molecule has 0 fully saturated rings. The third-order valence-electron chi connectivity index (χ3n) is 1.87. The van der Waals surface area contributed by atoms with Crippen LogP contribution in [0.4, 0.5) is 0 Å². The van der Waals surface area contributed by atoms with Crippen molar-refractivity contribution in [2.45, 2.75) is 72.8 Å². The molecule has 1 N–H and O–H groups in total. The summed E-state index contributed by atoms with van der Waals surface area (Å²) in [5.74, 6) is 0. The highest BCUT2D eigenvalue weighted by atomic mass is 16.1. The summed E-state index contributed by atoms with van der Waals surface area (Å²) in [6, 6.07) is 0.00463. The minimum absolute atomic E-state index is 0. The highest BCUT2D eigenvalue weighted by Crippen LogP contribution is 2.00. The molecular weight excluding hydrogens is 210 g/mol. The van der Waals surface area contributed by atoms with Crippen LogP contribution in [-0.2, 0) is 4.79 Å². The van der Waals surface area contributed by atoms with Crippen molar-refractivity contribution in [3.8, 4) is 0 Å². The van der Waals surface area contributed by atoms with E-state index in [1.54, 1.807) is 14.0 Å². The predicted octanol–water partition coefficient (Wildman–Crippen LogP) is 4.84. The number of carbonyl (C=O) groups excluding carboxylic acids is 1. The van der Waals surface area contributed by atoms with Crippen LogP contribution in [0.5, 0.6) is 0 Å². The summed E-state index contributed by atoms with van der Waals surface area (Å²) < 4.78 is 0. The zero-order valence-corrected chi connectivity index (χ0v) is 13.0. The lowest BCUT2D eigenvalue weighted by Crippen LogP contribution is -2.21. The molecule has 1 atom stereocenters. The summed E-state index contributed by atoms with van der Waals surface area (Å²) >= 11 is 0. The van der Waals surface area contributed by atoms with Crippen molar-refractivity contribution >= 4 is 6.29 Å². The van der Waals surface area contributed by atoms with E-state index in [-0.39, 0.29) is 7.47 Å². The molecule has 17 heavy (non-hydrogen) atoms. The highest BCUT2D eigenvalue weighted by Gasteiger charge is 1.87. The molecule has 0 spiro atoms. The number of hydrogen-bond donors (Lipinski definition) is 1. The first-order chi connectivity index (χ1) is 8.22. The van der Waals surface area contributed by atoms with Crippen LogP contribution < -0.4 is 5.32 Å². The van der Waals surface area contributed by atoms with E-state index in [0.717, 1.165) is 6.29 Å². The molecule has 0 aromatic heterocycles. The zero-order valence-electron chi connectivity index (χ0n) is 13.0. The topological polar surface area (TPSA) is 29.1 Å². The van der Waals surface area contributed by atoms with E-state index in [1.807, 2.05) is 13.8 Å². The highest BCUT2D eigenvalue weighted by molar-refractivity contribution is 5.56. The third kappa shape index (κ3) is 50.6. The van der Waals surface area contributed by atoms with E-state index in [4.69, 9.17) is 0 Å². The first-order valence-electron chi connectivity index (χ1n) is 6.85. The van der Waals surface area contributed by atoms with Crippen LogP contribution >= 0.6 is 0 Å². The Hall–Kier alpha value is -0.630. The summed E-state index contributed by atoms with van der Waals surface area (Å²) in [6.45, 7) is 16.3. The molecule has 0 amide bonds. The molecule has 0 saturated heterocycles. The Morgan fingerprint density at radius 2 is 1.47 bits per heavy atom. The molecule has 0 aliphatic rings. The van der Waals surface area contributed by atoms with Gasteiger partial charge in [-0.3, -0.25) is 0 Å². The van der Waals surface area contributed by atoms with E-state index in [1.165, 1.54) is 32.1 Å². The van der Waals surface area contributed by atoms with Gasteiger partial charge in [-0.2, -0.15) is 0 Å². The standard InChI is InChI=1S/C7H16.C4H9NO.C2H6.C2H4.H2/c1-3-5-7-6-4-2;1-4(3-6)5-2;2*1-2;/h3-7H2,1-2H3;3-5H,1-2H3;1-2H3;1-2H2;1H/t;4-;;;/m.0.../s1. The number of nitrogens with one attached hydrogen (secondary N) is 1. The molecule has 0 aromatic carbocycles. The van der Waals surface area contributed by atoms with Crippen LogP contribution in [0.15, 0.2) is 13.2 Å². The molecule has 2 nitrogen and oxygen atoms in total. The van der Waals surface area contributed by atoms with Crippen molar-refractivity contribution in [3.63, 3.8) is 0 Å². The second kappa shape index (κ2) is 36.1. The van der Waals surface area contributed by atoms with Crippen LogP contribution in [0.25, 0.3) is 0 Å². The fraction of sp³-hybridized carbons (Fsp3) is 0.800. The lowest BCUT2D eigenvalue weighted by atomic mass is 10.2. The van der Waals surface area contributed by atoms with Gasteiger partial charge in [-0.1, -0.05) is 59.8 Å². The maximum atomic E-state index is 9.67. The fourth-order valence-corrected chi connectivity index (χ4v) is 0.745. The first kappa shape index (κ1) is 25.3. The van der Waals surface area contributed by atoms with E-state index in [0.29, 0.717) is 0 Å². The van der Waals surface area contributed by atoms with Crippen LogP contribution in [0.1, 0.15) is 68.1 Å². The summed E-state index contributed by atoms with van der Waals surface area (Å²) in [4.78, 5) is 9.67. The molecule has 0 aromatic rings. The van der Waals surface area contributed by atoms with Crippen molar-refractivity contribution in [1.82, 2.24) is 5.32 Å². The molecule has 0 aliphatic heterocycles. The lowest BCUT2D eigenvalue weighted by molar-refractivity contribution is -0.109. The van der Waals surface area contributed by atoms with Crippen molar-refractivity contribution < 1.29 is 6.22 Å². The number of unbranched alkanes of at least 4 members (excludes halogenated alkanes) is 4. The molecular formula is C15H37NO. The Morgan fingerprint density at radius 3 is 1.59 bits per heavy atom. The Balaban J connectivity index is -0.0000000471. The number of likely N-dealkylation sites (N-methyl/N-ethyl adjacent to an activating group) is 1. The van der Waals surface area contributed by atoms with Crippen LogP contribution in [-0.4, -0.2) is 19.4 Å². The van der Waals surface area contributed by atoms with Crippen molar-refractivity contribution in [1.29, 1.82) is 0 Å². The maximum absolute atomic E-state index is 9.67. The first-order valence-corrected chi connectivity index (χ1v) is 6.85. The van der Waals surface area contributed by atoms with Gasteiger partial charge in [0, 0.05) is 1.43 Å². The summed E-state index contributed by atoms with van der Waals surface area (Å²) in [5, 5.41) is 2.75. The van der Waals surface area contributed by atoms with Gasteiger partial charge in [-0.15, -0.1) is 13.2 Å². The smallest absolute Gasteiger partial charge is 0.136 e. The Labute approximate surface area is 111 Å². The van der Waals surface area contributed by atoms with E-state index < -0.39 is 0 Å². The normalized spacial score (nSPS) is 9.29. The van der Waals surface area contributed by atoms with Gasteiger partial charge in [-0.25, -0.2) is 0 Å². The predicted molar refractivity (Wildman–Crippen MR) is 83.7 cm³/mol. The van der Waals surface area contributed by atoms with E-state index in [2.05, 4.69) is 32.3 Å². The van der Waals surface area contributed by atoms with Gasteiger partial charge < -0.3 is 10.1 Å². The molecule has 0 heterocycles. The Morgan fingerprint density at radius 1 is 1.12 bits per heavy atom. The molecule has 0 saturated carbocycles. The maximum Gasteiger partial charge on any atom is 0.136 e. The van der Waals surface area contributed by atoms with Crippen molar-refractivity contribution in [2.75, 3.05) is 7.05 Å². The monoisotopic (exact) mass is 247 g/mol.